The quantitative estimate of drug-likeness (QED) is 0.0787. The van der Waals surface area contributed by atoms with Crippen LogP contribution in [-0.2, 0) is 15.7 Å². The summed E-state index contributed by atoms with van der Waals surface area (Å²) < 4.78 is 16.7. The van der Waals surface area contributed by atoms with Gasteiger partial charge in [-0.3, -0.25) is 0 Å². The predicted octanol–water partition coefficient (Wildman–Crippen LogP) is 8.28. The normalized spacial score (nSPS) is 10.6. The third kappa shape index (κ3) is 7.12. The number of ether oxygens (including phenoxy) is 3. The van der Waals surface area contributed by atoms with Gasteiger partial charge < -0.3 is 14.2 Å². The highest BCUT2D eigenvalue weighted by Crippen LogP contribution is 2.33. The van der Waals surface area contributed by atoms with E-state index in [1.54, 1.807) is 31.2 Å². The summed E-state index contributed by atoms with van der Waals surface area (Å²) in [6.07, 6.45) is 0. The summed E-state index contributed by atoms with van der Waals surface area (Å²) in [6, 6.07) is 42.0. The summed E-state index contributed by atoms with van der Waals surface area (Å²) in [5, 5.41) is 0. The van der Waals surface area contributed by atoms with Crippen molar-refractivity contribution in [1.82, 2.24) is 0 Å². The third-order valence-electron chi connectivity index (χ3n) is 5.94. The smallest absolute Gasteiger partial charge is 0.343 e. The van der Waals surface area contributed by atoms with E-state index in [-0.39, 0.29) is 16.5 Å². The van der Waals surface area contributed by atoms with E-state index in [9.17, 15) is 9.59 Å². The second-order valence-electron chi connectivity index (χ2n) is 9.06. The summed E-state index contributed by atoms with van der Waals surface area (Å²) in [5.74, 6) is 0.967. The molecule has 5 nitrogen and oxygen atoms in total. The lowest BCUT2D eigenvalue weighted by atomic mass is 10.2. The largest absolute Gasteiger partial charge is 0.457 e. The maximum Gasteiger partial charge on any atom is 0.343 e. The number of carbonyl (C=O) groups excluding carboxylic acids is 2. The van der Waals surface area contributed by atoms with E-state index in [0.29, 0.717) is 28.6 Å². The molecule has 0 saturated heterocycles. The van der Waals surface area contributed by atoms with Gasteiger partial charge in [-0.05, 0) is 104 Å². The Balaban J connectivity index is 1.22. The zero-order valence-electron chi connectivity index (χ0n) is 22.4. The van der Waals surface area contributed by atoms with Crippen LogP contribution in [0.1, 0.15) is 17.3 Å². The molecule has 202 valence electrons. The summed E-state index contributed by atoms with van der Waals surface area (Å²) in [4.78, 5) is 27.9. The van der Waals surface area contributed by atoms with Gasteiger partial charge in [0.25, 0.3) is 0 Å². The standard InChI is InChI=1S/C35H27O5S/c1-25(2)34(36)39-29-15-13-26(14-16-29)35(37)40-30-19-17-27(18-20-30)38-28-21-23-33(24-22-28)41(31-9-5-3-6-10-31)32-11-7-4-8-12-32/h3-24H,1H2,2H3/q+1. The van der Waals surface area contributed by atoms with Crippen LogP contribution in [0.3, 0.4) is 0 Å². The summed E-state index contributed by atoms with van der Waals surface area (Å²) in [6.45, 7) is 5.11. The van der Waals surface area contributed by atoms with E-state index in [1.165, 1.54) is 39.0 Å². The van der Waals surface area contributed by atoms with Crippen molar-refractivity contribution in [3.63, 3.8) is 0 Å². The van der Waals surface area contributed by atoms with Crippen molar-refractivity contribution in [2.24, 2.45) is 0 Å². The van der Waals surface area contributed by atoms with Crippen molar-refractivity contribution in [2.45, 2.75) is 21.6 Å². The van der Waals surface area contributed by atoms with Crippen LogP contribution in [0.2, 0.25) is 0 Å². The highest BCUT2D eigenvalue weighted by atomic mass is 32.2. The Bertz CT molecular complexity index is 1590. The molecule has 0 spiro atoms. The second kappa shape index (κ2) is 12.9. The highest BCUT2D eigenvalue weighted by Gasteiger charge is 2.28. The molecule has 0 saturated carbocycles. The Hall–Kier alpha value is -5.07. The molecule has 0 N–H and O–H groups in total. The summed E-state index contributed by atoms with van der Waals surface area (Å²) in [5.41, 5.74) is 0.614. The molecule has 0 atom stereocenters. The van der Waals surface area contributed by atoms with Crippen LogP contribution in [0, 0.1) is 0 Å². The Morgan fingerprint density at radius 3 is 1.46 bits per heavy atom. The number of benzene rings is 5. The van der Waals surface area contributed by atoms with Crippen molar-refractivity contribution < 1.29 is 23.8 Å². The van der Waals surface area contributed by atoms with Gasteiger partial charge in [0.05, 0.1) is 16.5 Å². The molecular weight excluding hydrogens is 532 g/mol. The molecule has 0 fully saturated rings. The first kappa shape index (κ1) is 27.5. The molecule has 0 aromatic heterocycles. The summed E-state index contributed by atoms with van der Waals surface area (Å²) in [7, 11) is -0.230. The number of rotatable bonds is 9. The number of hydrogen-bond donors (Lipinski definition) is 0. The van der Waals surface area contributed by atoms with Crippen molar-refractivity contribution >= 4 is 22.8 Å². The highest BCUT2D eigenvalue weighted by molar-refractivity contribution is 7.97. The van der Waals surface area contributed by atoms with Crippen LogP contribution >= 0.6 is 0 Å². The minimum absolute atomic E-state index is 0.230. The molecule has 5 aromatic rings. The molecule has 0 unspecified atom stereocenters. The average Bonchev–Trinajstić information content (AvgIpc) is 3.00. The fourth-order valence-corrected chi connectivity index (χ4v) is 5.98. The van der Waals surface area contributed by atoms with Gasteiger partial charge in [0.1, 0.15) is 23.0 Å². The van der Waals surface area contributed by atoms with Gasteiger partial charge in [-0.2, -0.15) is 0 Å². The molecule has 5 aromatic carbocycles. The minimum Gasteiger partial charge on any atom is -0.457 e. The van der Waals surface area contributed by atoms with Gasteiger partial charge in [0.15, 0.2) is 14.7 Å². The predicted molar refractivity (Wildman–Crippen MR) is 160 cm³/mol. The first-order valence-corrected chi connectivity index (χ1v) is 14.1. The van der Waals surface area contributed by atoms with Gasteiger partial charge >= 0.3 is 11.9 Å². The Morgan fingerprint density at radius 1 is 0.537 bits per heavy atom. The number of hydrogen-bond acceptors (Lipinski definition) is 5. The fourth-order valence-electron chi connectivity index (χ4n) is 3.90. The van der Waals surface area contributed by atoms with E-state index >= 15 is 0 Å². The van der Waals surface area contributed by atoms with E-state index in [0.717, 1.165) is 0 Å². The molecule has 6 heteroatoms. The number of carbonyl (C=O) groups is 2. The van der Waals surface area contributed by atoms with Crippen LogP contribution in [0.25, 0.3) is 0 Å². The Morgan fingerprint density at radius 2 is 0.951 bits per heavy atom. The fraction of sp³-hybridized carbons (Fsp3) is 0.0286. The SMILES string of the molecule is C=C(C)C(=O)Oc1ccc(C(=O)Oc2ccc(Oc3ccc([S+](c4ccccc4)c4ccccc4)cc3)cc2)cc1. The Kier molecular flexibility index (Phi) is 8.62. The molecule has 0 aliphatic heterocycles. The lowest BCUT2D eigenvalue weighted by Gasteiger charge is -2.10. The lowest BCUT2D eigenvalue weighted by molar-refractivity contribution is -0.130. The average molecular weight is 560 g/mol. The van der Waals surface area contributed by atoms with Gasteiger partial charge in [-0.1, -0.05) is 43.0 Å². The Labute approximate surface area is 242 Å². The van der Waals surface area contributed by atoms with Crippen LogP contribution in [0.5, 0.6) is 23.0 Å². The van der Waals surface area contributed by atoms with Crippen LogP contribution in [0.15, 0.2) is 160 Å². The maximum absolute atomic E-state index is 12.5. The molecule has 0 aliphatic carbocycles. The van der Waals surface area contributed by atoms with Gasteiger partial charge in [-0.25, -0.2) is 9.59 Å². The molecule has 0 heterocycles. The van der Waals surface area contributed by atoms with Crippen molar-refractivity contribution in [3.05, 3.63) is 151 Å². The second-order valence-corrected chi connectivity index (χ2v) is 11.1. The first-order chi connectivity index (χ1) is 20.0. The molecule has 0 aliphatic rings. The molecule has 0 radical (unpaired) electrons. The topological polar surface area (TPSA) is 61.8 Å². The van der Waals surface area contributed by atoms with E-state index in [1.807, 2.05) is 24.3 Å². The number of esters is 2. The molecule has 41 heavy (non-hydrogen) atoms. The van der Waals surface area contributed by atoms with Gasteiger partial charge in [-0.15, -0.1) is 0 Å². The van der Waals surface area contributed by atoms with Crippen LogP contribution in [0.4, 0.5) is 0 Å². The monoisotopic (exact) mass is 559 g/mol. The molecular formula is C35H27O5S+. The lowest BCUT2D eigenvalue weighted by Crippen LogP contribution is -2.10. The molecule has 0 amide bonds. The van der Waals surface area contributed by atoms with E-state index < -0.39 is 11.9 Å². The van der Waals surface area contributed by atoms with E-state index in [2.05, 4.69) is 67.2 Å². The van der Waals surface area contributed by atoms with Crippen molar-refractivity contribution in [2.75, 3.05) is 0 Å². The summed E-state index contributed by atoms with van der Waals surface area (Å²) >= 11 is 0. The molecule has 5 rings (SSSR count). The van der Waals surface area contributed by atoms with Crippen LogP contribution < -0.4 is 14.2 Å². The first-order valence-electron chi connectivity index (χ1n) is 12.9. The van der Waals surface area contributed by atoms with Gasteiger partial charge in [0, 0.05) is 5.57 Å². The zero-order chi connectivity index (χ0) is 28.6. The third-order valence-corrected chi connectivity index (χ3v) is 8.17. The van der Waals surface area contributed by atoms with E-state index in [4.69, 9.17) is 14.2 Å². The zero-order valence-corrected chi connectivity index (χ0v) is 23.2. The maximum atomic E-state index is 12.5. The van der Waals surface area contributed by atoms with Crippen LogP contribution in [-0.4, -0.2) is 11.9 Å². The van der Waals surface area contributed by atoms with Crippen molar-refractivity contribution in [3.8, 4) is 23.0 Å². The molecule has 0 bridgehead atoms. The minimum atomic E-state index is -0.528. The van der Waals surface area contributed by atoms with Crippen molar-refractivity contribution in [1.29, 1.82) is 0 Å². The van der Waals surface area contributed by atoms with Gasteiger partial charge in [0.2, 0.25) is 0 Å².